The molecule has 0 aliphatic rings. The Hall–Kier alpha value is 0.639. The molecule has 0 aliphatic carbocycles. The van der Waals surface area contributed by atoms with E-state index < -0.39 is 0 Å². The summed E-state index contributed by atoms with van der Waals surface area (Å²) in [7, 11) is 5.81. The first-order valence-corrected chi connectivity index (χ1v) is 13.3. The summed E-state index contributed by atoms with van der Waals surface area (Å²) in [5.41, 5.74) is 5.84. The van der Waals surface area contributed by atoms with Gasteiger partial charge in [-0.2, -0.15) is 0 Å². The van der Waals surface area contributed by atoms with E-state index in [9.17, 15) is 0 Å². The van der Waals surface area contributed by atoms with Crippen LogP contribution in [-0.4, -0.2) is 4.56 Å². The second-order valence-electron chi connectivity index (χ2n) is 5.93. The minimum absolute atomic E-state index is 0.330. The van der Waals surface area contributed by atoms with Crippen molar-refractivity contribution in [2.24, 2.45) is 5.73 Å². The average Bonchev–Trinajstić information content (AvgIpc) is 2.50. The average molecular weight is 494 g/mol. The number of halogens is 1. The van der Waals surface area contributed by atoms with Crippen LogP contribution >= 0.6 is 9.58 Å². The van der Waals surface area contributed by atoms with Crippen LogP contribution in [-0.2, 0) is 16.7 Å². The molecule has 0 spiro atoms. The fourth-order valence-electron chi connectivity index (χ4n) is 2.44. The molecule has 0 amide bonds. The molecule has 0 aromatic carbocycles. The molecule has 2 N–H and O–H groups in total. The van der Waals surface area contributed by atoms with E-state index in [1.54, 1.807) is 0 Å². The number of unbranched alkanes of at least 4 members (excludes halogenated alkanes) is 11. The second-order valence-corrected chi connectivity index (χ2v) is 9.42. The van der Waals surface area contributed by atoms with Gasteiger partial charge in [-0.3, -0.25) is 0 Å². The van der Waals surface area contributed by atoms with Crippen LogP contribution in [0, 0.1) is 0 Å². The minimum atomic E-state index is -0.377. The molecule has 1 unspecified atom stereocenters. The molecule has 1 atom stereocenters. The summed E-state index contributed by atoms with van der Waals surface area (Å²) in [6, 6.07) is 0. The molecule has 0 radical (unpaired) electrons. The van der Waals surface area contributed by atoms with Crippen LogP contribution in [0.15, 0.2) is 12.2 Å². The van der Waals surface area contributed by atoms with Gasteiger partial charge in [0.15, 0.2) is 0 Å². The molecule has 0 aliphatic heterocycles. The third-order valence-electron chi connectivity index (χ3n) is 3.82. The molecule has 21 heavy (non-hydrogen) atoms. The maximum absolute atomic E-state index is 5.84. The van der Waals surface area contributed by atoms with Crippen molar-refractivity contribution in [3.63, 3.8) is 0 Å². The first kappa shape index (κ1) is 21.6. The fourth-order valence-corrected chi connectivity index (χ4v) is 3.78. The molecule has 0 fully saturated rings. The molecule has 0 bridgehead atoms. The summed E-state index contributed by atoms with van der Waals surface area (Å²) in [6.07, 6.45) is 23.6. The fraction of sp³-hybridized carbons (Fsp3) is 0.889. The first-order chi connectivity index (χ1) is 10.3. The zero-order valence-corrected chi connectivity index (χ0v) is 17.1. The molecule has 0 aromatic heterocycles. The van der Waals surface area contributed by atoms with Gasteiger partial charge in [0.25, 0.3) is 0 Å². The van der Waals surface area contributed by atoms with E-state index in [1.165, 1.54) is 83.5 Å². The molecular weight excluding hydrogens is 458 g/mol. The number of allylic oxidation sites excluding steroid dienone is 2. The van der Waals surface area contributed by atoms with Crippen LogP contribution in [0.4, 0.5) is 0 Å². The predicted octanol–water partition coefficient (Wildman–Crippen LogP) is 6.55. The monoisotopic (exact) mass is 494 g/mol. The summed E-state index contributed by atoms with van der Waals surface area (Å²) in [5, 5.41) is 0. The standard InChI is InChI=1S/C18H36N.ClH.Ir/c1-2-3-4-5-6-7-8-9-10-11-12-13-14-15-16-17-18-19;;/h9-10,18H,2-8,11-17,19H2,1H3;1H;/q;;+1/p-1/b10-9-;;. The Balaban J connectivity index is 3.08. The Labute approximate surface area is 145 Å². The number of hydrogen-bond donors (Lipinski definition) is 1. The Morgan fingerprint density at radius 2 is 1.29 bits per heavy atom. The molecular formula is C18H36ClIrN. The van der Waals surface area contributed by atoms with Crippen LogP contribution in [0.5, 0.6) is 0 Å². The van der Waals surface area contributed by atoms with Gasteiger partial charge in [-0.15, -0.1) is 0 Å². The van der Waals surface area contributed by atoms with E-state index in [2.05, 4.69) is 19.1 Å². The molecule has 129 valence electrons. The molecule has 3 heteroatoms. The molecule has 0 saturated carbocycles. The Morgan fingerprint density at radius 3 is 1.81 bits per heavy atom. The van der Waals surface area contributed by atoms with Crippen molar-refractivity contribution >= 4 is 9.58 Å². The van der Waals surface area contributed by atoms with Crippen molar-refractivity contribution in [3.05, 3.63) is 12.2 Å². The summed E-state index contributed by atoms with van der Waals surface area (Å²) < 4.78 is 0.330. The van der Waals surface area contributed by atoms with E-state index in [-0.39, 0.29) is 16.7 Å². The Morgan fingerprint density at radius 1 is 0.810 bits per heavy atom. The normalized spacial score (nSPS) is 13.3. The predicted molar refractivity (Wildman–Crippen MR) is 93.3 cm³/mol. The summed E-state index contributed by atoms with van der Waals surface area (Å²) in [4.78, 5) is 0. The van der Waals surface area contributed by atoms with Crippen LogP contribution in [0.25, 0.3) is 0 Å². The van der Waals surface area contributed by atoms with Gasteiger partial charge in [0.2, 0.25) is 0 Å². The van der Waals surface area contributed by atoms with Crippen molar-refractivity contribution in [3.8, 4) is 0 Å². The van der Waals surface area contributed by atoms with E-state index in [0.29, 0.717) is 4.56 Å². The Bertz CT molecular complexity index is 221. The zero-order valence-electron chi connectivity index (χ0n) is 13.9. The summed E-state index contributed by atoms with van der Waals surface area (Å²) in [6.45, 7) is 2.28. The number of nitrogens with two attached hydrogens (primary N) is 1. The maximum atomic E-state index is 5.84. The third-order valence-corrected chi connectivity index (χ3v) is 6.71. The van der Waals surface area contributed by atoms with E-state index >= 15 is 0 Å². The number of hydrogen-bond acceptors (Lipinski definition) is 1. The van der Waals surface area contributed by atoms with Gasteiger partial charge in [0.05, 0.1) is 0 Å². The quantitative estimate of drug-likeness (QED) is 0.191. The van der Waals surface area contributed by atoms with Crippen LogP contribution in [0.3, 0.4) is 0 Å². The second kappa shape index (κ2) is 18.7. The van der Waals surface area contributed by atoms with Gasteiger partial charge < -0.3 is 0 Å². The first-order valence-electron chi connectivity index (χ1n) is 8.92. The summed E-state index contributed by atoms with van der Waals surface area (Å²) >= 11 is -0.377. The topological polar surface area (TPSA) is 26.0 Å². The summed E-state index contributed by atoms with van der Waals surface area (Å²) in [5.74, 6) is 0. The van der Waals surface area contributed by atoms with Crippen molar-refractivity contribution in [2.45, 2.75) is 101 Å². The SMILES string of the molecule is CCCCCCCC/C=C\CCCCCCC[CH](N)[Ir][Cl]. The van der Waals surface area contributed by atoms with Crippen molar-refractivity contribution in [2.75, 3.05) is 0 Å². The molecule has 0 aromatic rings. The van der Waals surface area contributed by atoms with Gasteiger partial charge in [-0.25, -0.2) is 0 Å². The van der Waals surface area contributed by atoms with Crippen LogP contribution in [0.2, 0.25) is 0 Å². The van der Waals surface area contributed by atoms with Gasteiger partial charge in [-0.05, 0) is 0 Å². The molecule has 0 heterocycles. The number of rotatable bonds is 16. The third kappa shape index (κ3) is 18.6. The van der Waals surface area contributed by atoms with Crippen molar-refractivity contribution in [1.29, 1.82) is 0 Å². The van der Waals surface area contributed by atoms with Gasteiger partial charge in [0, 0.05) is 0 Å². The molecule has 0 saturated heterocycles. The van der Waals surface area contributed by atoms with Crippen molar-refractivity contribution < 1.29 is 16.7 Å². The van der Waals surface area contributed by atoms with Crippen molar-refractivity contribution in [1.82, 2.24) is 0 Å². The zero-order chi connectivity index (χ0) is 15.6. The van der Waals surface area contributed by atoms with E-state index in [0.717, 1.165) is 6.42 Å². The van der Waals surface area contributed by atoms with Gasteiger partial charge >= 0.3 is 106 Å². The Kier molecular flexibility index (Phi) is 19.3. The van der Waals surface area contributed by atoms with Gasteiger partial charge in [-0.1, -0.05) is 39.0 Å². The van der Waals surface area contributed by atoms with Crippen LogP contribution < -0.4 is 5.73 Å². The molecule has 0 rings (SSSR count). The van der Waals surface area contributed by atoms with Crippen LogP contribution in [0.1, 0.15) is 96.8 Å². The van der Waals surface area contributed by atoms with E-state index in [4.69, 9.17) is 15.3 Å². The van der Waals surface area contributed by atoms with Gasteiger partial charge in [0.1, 0.15) is 0 Å². The van der Waals surface area contributed by atoms with E-state index in [1.807, 2.05) is 0 Å². The molecule has 1 nitrogen and oxygen atoms in total.